The summed E-state index contributed by atoms with van der Waals surface area (Å²) in [6.45, 7) is 14.2. The van der Waals surface area contributed by atoms with Crippen LogP contribution in [0.1, 0.15) is 59.8 Å². The molecule has 1 saturated carbocycles. The van der Waals surface area contributed by atoms with Crippen molar-refractivity contribution in [3.8, 4) is 0 Å². The van der Waals surface area contributed by atoms with Crippen molar-refractivity contribution < 1.29 is 0 Å². The van der Waals surface area contributed by atoms with Gasteiger partial charge in [-0.25, -0.2) is 0 Å². The molecule has 18 heavy (non-hydrogen) atoms. The van der Waals surface area contributed by atoms with Gasteiger partial charge in [0, 0.05) is 19.1 Å². The fourth-order valence-electron chi connectivity index (χ4n) is 3.21. The summed E-state index contributed by atoms with van der Waals surface area (Å²) in [7, 11) is 0. The minimum absolute atomic E-state index is 0.778. The zero-order chi connectivity index (χ0) is 13.4. The molecule has 0 aromatic carbocycles. The molecule has 0 saturated heterocycles. The zero-order valence-electron chi connectivity index (χ0n) is 13.0. The Morgan fingerprint density at radius 3 is 2.50 bits per heavy atom. The van der Waals surface area contributed by atoms with E-state index in [2.05, 4.69) is 37.9 Å². The van der Waals surface area contributed by atoms with Gasteiger partial charge >= 0.3 is 0 Å². The molecule has 0 radical (unpaired) electrons. The Bertz CT molecular complexity index is 203. The van der Waals surface area contributed by atoms with Crippen LogP contribution in [0.25, 0.3) is 0 Å². The van der Waals surface area contributed by atoms with Gasteiger partial charge in [0.25, 0.3) is 0 Å². The molecular weight excluding hydrogens is 220 g/mol. The summed E-state index contributed by atoms with van der Waals surface area (Å²) >= 11 is 0. The Kier molecular flexibility index (Phi) is 7.92. The van der Waals surface area contributed by atoms with E-state index in [9.17, 15) is 0 Å². The molecule has 0 heterocycles. The number of nitrogens with one attached hydrogen (secondary N) is 1. The molecule has 0 bridgehead atoms. The molecule has 1 aliphatic carbocycles. The van der Waals surface area contributed by atoms with Gasteiger partial charge in [0.2, 0.25) is 0 Å². The first-order chi connectivity index (χ1) is 8.67. The summed E-state index contributed by atoms with van der Waals surface area (Å²) in [5, 5.41) is 3.78. The van der Waals surface area contributed by atoms with E-state index in [0.717, 1.165) is 17.9 Å². The van der Waals surface area contributed by atoms with Crippen LogP contribution in [-0.2, 0) is 0 Å². The summed E-state index contributed by atoms with van der Waals surface area (Å²) in [5.74, 6) is 1.67. The van der Waals surface area contributed by atoms with E-state index >= 15 is 0 Å². The van der Waals surface area contributed by atoms with E-state index < -0.39 is 0 Å². The number of rotatable bonds is 8. The van der Waals surface area contributed by atoms with Crippen molar-refractivity contribution in [1.82, 2.24) is 10.2 Å². The quantitative estimate of drug-likeness (QED) is 0.713. The molecular formula is C16H34N2. The van der Waals surface area contributed by atoms with Crippen molar-refractivity contribution in [3.63, 3.8) is 0 Å². The molecule has 1 rings (SSSR count). The van der Waals surface area contributed by atoms with E-state index in [4.69, 9.17) is 0 Å². The van der Waals surface area contributed by atoms with Crippen LogP contribution in [0, 0.1) is 11.8 Å². The molecule has 0 spiro atoms. The highest BCUT2D eigenvalue weighted by atomic mass is 15.1. The molecule has 1 aliphatic rings. The highest BCUT2D eigenvalue weighted by molar-refractivity contribution is 4.83. The van der Waals surface area contributed by atoms with Gasteiger partial charge in [-0.2, -0.15) is 0 Å². The first kappa shape index (κ1) is 16.0. The van der Waals surface area contributed by atoms with Gasteiger partial charge in [-0.3, -0.25) is 0 Å². The van der Waals surface area contributed by atoms with Gasteiger partial charge in [-0.15, -0.1) is 0 Å². The highest BCUT2D eigenvalue weighted by Crippen LogP contribution is 2.25. The van der Waals surface area contributed by atoms with E-state index in [1.54, 1.807) is 0 Å². The van der Waals surface area contributed by atoms with Crippen molar-refractivity contribution in [2.45, 2.75) is 65.8 Å². The monoisotopic (exact) mass is 254 g/mol. The summed E-state index contributed by atoms with van der Waals surface area (Å²) in [5.41, 5.74) is 0. The Morgan fingerprint density at radius 1 is 1.17 bits per heavy atom. The number of hydrogen-bond acceptors (Lipinski definition) is 2. The highest BCUT2D eigenvalue weighted by Gasteiger charge is 2.26. The summed E-state index contributed by atoms with van der Waals surface area (Å²) in [4.78, 5) is 2.65. The summed E-state index contributed by atoms with van der Waals surface area (Å²) < 4.78 is 0. The van der Waals surface area contributed by atoms with Crippen molar-refractivity contribution >= 4 is 0 Å². The maximum Gasteiger partial charge on any atom is 0.0107 e. The first-order valence-electron chi connectivity index (χ1n) is 8.13. The molecule has 2 atom stereocenters. The second kappa shape index (κ2) is 8.92. The SMILES string of the molecule is CCCNC1CCCCC1CN(CC)CC(C)C. The largest absolute Gasteiger partial charge is 0.314 e. The average Bonchev–Trinajstić information content (AvgIpc) is 2.36. The fourth-order valence-corrected chi connectivity index (χ4v) is 3.21. The van der Waals surface area contributed by atoms with Crippen LogP contribution in [0.5, 0.6) is 0 Å². The second-order valence-electron chi connectivity index (χ2n) is 6.35. The predicted molar refractivity (Wildman–Crippen MR) is 81.0 cm³/mol. The smallest absolute Gasteiger partial charge is 0.0107 e. The molecule has 1 N–H and O–H groups in total. The van der Waals surface area contributed by atoms with Crippen LogP contribution >= 0.6 is 0 Å². The van der Waals surface area contributed by atoms with Crippen LogP contribution in [0.15, 0.2) is 0 Å². The van der Waals surface area contributed by atoms with Gasteiger partial charge in [-0.1, -0.05) is 40.5 Å². The Hall–Kier alpha value is -0.0800. The lowest BCUT2D eigenvalue weighted by molar-refractivity contribution is 0.161. The van der Waals surface area contributed by atoms with Gasteiger partial charge in [0.15, 0.2) is 0 Å². The van der Waals surface area contributed by atoms with Crippen molar-refractivity contribution in [3.05, 3.63) is 0 Å². The van der Waals surface area contributed by atoms with E-state index in [1.165, 1.54) is 58.3 Å². The van der Waals surface area contributed by atoms with Gasteiger partial charge < -0.3 is 10.2 Å². The summed E-state index contributed by atoms with van der Waals surface area (Å²) in [6, 6.07) is 0.778. The molecule has 2 unspecified atom stereocenters. The zero-order valence-corrected chi connectivity index (χ0v) is 13.0. The lowest BCUT2D eigenvalue weighted by Crippen LogP contribution is -2.45. The predicted octanol–water partition coefficient (Wildman–Crippen LogP) is 3.52. The third-order valence-corrected chi connectivity index (χ3v) is 4.13. The molecule has 0 amide bonds. The van der Waals surface area contributed by atoms with Crippen molar-refractivity contribution in [2.75, 3.05) is 26.2 Å². The molecule has 1 fully saturated rings. The summed E-state index contributed by atoms with van der Waals surface area (Å²) in [6.07, 6.45) is 6.94. The molecule has 0 aliphatic heterocycles. The third kappa shape index (κ3) is 5.71. The number of nitrogens with zero attached hydrogens (tertiary/aromatic N) is 1. The van der Waals surface area contributed by atoms with E-state index in [0.29, 0.717) is 0 Å². The third-order valence-electron chi connectivity index (χ3n) is 4.13. The number of hydrogen-bond donors (Lipinski definition) is 1. The minimum atomic E-state index is 0.778. The first-order valence-corrected chi connectivity index (χ1v) is 8.13. The lowest BCUT2D eigenvalue weighted by atomic mass is 9.84. The standard InChI is InChI=1S/C16H34N2/c1-5-11-17-16-10-8-7-9-15(16)13-18(6-2)12-14(3)4/h14-17H,5-13H2,1-4H3. The topological polar surface area (TPSA) is 15.3 Å². The molecule has 0 aromatic rings. The molecule has 108 valence electrons. The maximum absolute atomic E-state index is 3.78. The average molecular weight is 254 g/mol. The maximum atomic E-state index is 3.78. The van der Waals surface area contributed by atoms with Crippen molar-refractivity contribution in [2.24, 2.45) is 11.8 Å². The van der Waals surface area contributed by atoms with E-state index in [-0.39, 0.29) is 0 Å². The second-order valence-corrected chi connectivity index (χ2v) is 6.35. The van der Waals surface area contributed by atoms with Crippen LogP contribution in [0.4, 0.5) is 0 Å². The Morgan fingerprint density at radius 2 is 1.89 bits per heavy atom. The van der Waals surface area contributed by atoms with Crippen LogP contribution in [-0.4, -0.2) is 37.1 Å². The molecule has 2 nitrogen and oxygen atoms in total. The van der Waals surface area contributed by atoms with Crippen LogP contribution in [0.3, 0.4) is 0 Å². The molecule has 2 heteroatoms. The van der Waals surface area contributed by atoms with Crippen LogP contribution < -0.4 is 5.32 Å². The van der Waals surface area contributed by atoms with Crippen molar-refractivity contribution in [1.29, 1.82) is 0 Å². The Balaban J connectivity index is 2.43. The minimum Gasteiger partial charge on any atom is -0.314 e. The fraction of sp³-hybridized carbons (Fsp3) is 1.00. The lowest BCUT2D eigenvalue weighted by Gasteiger charge is -2.36. The van der Waals surface area contributed by atoms with E-state index in [1.807, 2.05) is 0 Å². The van der Waals surface area contributed by atoms with Crippen LogP contribution in [0.2, 0.25) is 0 Å². The van der Waals surface area contributed by atoms with Gasteiger partial charge in [0.05, 0.1) is 0 Å². The molecule has 0 aromatic heterocycles. The van der Waals surface area contributed by atoms with Gasteiger partial charge in [-0.05, 0) is 44.2 Å². The van der Waals surface area contributed by atoms with Gasteiger partial charge in [0.1, 0.15) is 0 Å². The normalized spacial score (nSPS) is 25.0. The Labute approximate surface area is 115 Å².